The lowest BCUT2D eigenvalue weighted by molar-refractivity contribution is 0.415. The van der Waals surface area contributed by atoms with Crippen LogP contribution in [0.2, 0.25) is 0 Å². The highest BCUT2D eigenvalue weighted by molar-refractivity contribution is 7.89. The number of nitrogens with zero attached hydrogens (tertiary/aromatic N) is 1. The van der Waals surface area contributed by atoms with Crippen LogP contribution in [0.25, 0.3) is 0 Å². The second kappa shape index (κ2) is 3.28. The quantitative estimate of drug-likeness (QED) is 0.710. The van der Waals surface area contributed by atoms with Crippen molar-refractivity contribution in [3.63, 3.8) is 0 Å². The van der Waals surface area contributed by atoms with Gasteiger partial charge in [0, 0.05) is 13.6 Å². The zero-order valence-electron chi connectivity index (χ0n) is 7.02. The van der Waals surface area contributed by atoms with Crippen molar-refractivity contribution in [2.75, 3.05) is 13.6 Å². The Balaban J connectivity index is 3.03. The van der Waals surface area contributed by atoms with Gasteiger partial charge >= 0.3 is 0 Å². The number of hydrogen-bond donors (Lipinski definition) is 0. The molecule has 0 saturated carbocycles. The summed E-state index contributed by atoms with van der Waals surface area (Å²) in [6, 6.07) is 2.98. The van der Waals surface area contributed by atoms with E-state index >= 15 is 0 Å². The van der Waals surface area contributed by atoms with Crippen LogP contribution < -0.4 is 0 Å². The van der Waals surface area contributed by atoms with E-state index in [4.69, 9.17) is 4.42 Å². The first-order valence-electron chi connectivity index (χ1n) is 3.59. The molecule has 0 fully saturated rings. The lowest BCUT2D eigenvalue weighted by Crippen LogP contribution is -2.26. The van der Waals surface area contributed by atoms with Crippen LogP contribution in [-0.2, 0) is 10.0 Å². The van der Waals surface area contributed by atoms with Gasteiger partial charge in [0.05, 0.1) is 6.26 Å². The van der Waals surface area contributed by atoms with Crippen LogP contribution in [0.4, 0.5) is 0 Å². The average molecular weight is 189 g/mol. The lowest BCUT2D eigenvalue weighted by atomic mass is 10.7. The second-order valence-electron chi connectivity index (χ2n) is 2.35. The molecule has 0 saturated heterocycles. The molecule has 1 aromatic rings. The van der Waals surface area contributed by atoms with Gasteiger partial charge in [-0.2, -0.15) is 4.31 Å². The molecular formula is C7H11NO3S. The summed E-state index contributed by atoms with van der Waals surface area (Å²) >= 11 is 0. The third-order valence-electron chi connectivity index (χ3n) is 1.60. The minimum atomic E-state index is -3.38. The molecule has 0 atom stereocenters. The van der Waals surface area contributed by atoms with Gasteiger partial charge in [0.15, 0.2) is 0 Å². The van der Waals surface area contributed by atoms with Crippen LogP contribution in [0.5, 0.6) is 0 Å². The average Bonchev–Trinajstić information content (AvgIpc) is 2.55. The lowest BCUT2D eigenvalue weighted by Gasteiger charge is -2.11. The highest BCUT2D eigenvalue weighted by Crippen LogP contribution is 2.13. The van der Waals surface area contributed by atoms with Gasteiger partial charge in [-0.1, -0.05) is 6.92 Å². The fourth-order valence-corrected chi connectivity index (χ4v) is 1.81. The van der Waals surface area contributed by atoms with Gasteiger partial charge in [0.1, 0.15) is 0 Å². The topological polar surface area (TPSA) is 50.5 Å². The molecule has 0 radical (unpaired) electrons. The Morgan fingerprint density at radius 2 is 2.25 bits per heavy atom. The summed E-state index contributed by atoms with van der Waals surface area (Å²) in [6.07, 6.45) is 1.34. The Labute approximate surface area is 71.8 Å². The van der Waals surface area contributed by atoms with E-state index in [2.05, 4.69) is 0 Å². The van der Waals surface area contributed by atoms with Gasteiger partial charge in [0.25, 0.3) is 10.0 Å². The first-order chi connectivity index (χ1) is 5.59. The highest BCUT2D eigenvalue weighted by atomic mass is 32.2. The summed E-state index contributed by atoms with van der Waals surface area (Å²) in [5, 5.41) is -0.00755. The van der Waals surface area contributed by atoms with E-state index < -0.39 is 10.0 Å². The van der Waals surface area contributed by atoms with Crippen LogP contribution in [-0.4, -0.2) is 26.3 Å². The maximum Gasteiger partial charge on any atom is 0.276 e. The molecule has 5 heteroatoms. The first-order valence-corrected chi connectivity index (χ1v) is 5.03. The molecule has 0 aliphatic rings. The fourth-order valence-electron chi connectivity index (χ4n) is 0.734. The molecular weight excluding hydrogens is 178 g/mol. The fraction of sp³-hybridized carbons (Fsp3) is 0.429. The molecule has 0 aliphatic carbocycles. The van der Waals surface area contributed by atoms with Crippen LogP contribution >= 0.6 is 0 Å². The Kier molecular flexibility index (Phi) is 2.54. The van der Waals surface area contributed by atoms with E-state index in [0.29, 0.717) is 6.54 Å². The van der Waals surface area contributed by atoms with Crippen molar-refractivity contribution in [1.82, 2.24) is 4.31 Å². The van der Waals surface area contributed by atoms with Crippen LogP contribution in [0, 0.1) is 0 Å². The van der Waals surface area contributed by atoms with Crippen LogP contribution in [0.3, 0.4) is 0 Å². The van der Waals surface area contributed by atoms with Crippen molar-refractivity contribution in [3.05, 3.63) is 18.4 Å². The Hall–Kier alpha value is -0.810. The van der Waals surface area contributed by atoms with E-state index in [1.807, 2.05) is 0 Å². The monoisotopic (exact) mass is 189 g/mol. The van der Waals surface area contributed by atoms with Gasteiger partial charge in [-0.3, -0.25) is 0 Å². The molecule has 0 aromatic carbocycles. The maximum atomic E-state index is 11.5. The molecule has 1 rings (SSSR count). The zero-order chi connectivity index (χ0) is 9.19. The second-order valence-corrected chi connectivity index (χ2v) is 4.33. The zero-order valence-corrected chi connectivity index (χ0v) is 7.84. The van der Waals surface area contributed by atoms with E-state index in [1.165, 1.54) is 23.7 Å². The molecule has 1 heterocycles. The van der Waals surface area contributed by atoms with E-state index in [1.54, 1.807) is 13.0 Å². The summed E-state index contributed by atoms with van der Waals surface area (Å²) in [6.45, 7) is 2.20. The Bertz CT molecular complexity index is 328. The van der Waals surface area contributed by atoms with Crippen molar-refractivity contribution >= 4 is 10.0 Å². The highest BCUT2D eigenvalue weighted by Gasteiger charge is 2.21. The molecule has 0 spiro atoms. The van der Waals surface area contributed by atoms with Crippen molar-refractivity contribution in [2.45, 2.75) is 12.0 Å². The Morgan fingerprint density at radius 3 is 2.67 bits per heavy atom. The predicted molar refractivity (Wildman–Crippen MR) is 44.2 cm³/mol. The third-order valence-corrected chi connectivity index (χ3v) is 3.42. The van der Waals surface area contributed by atoms with Crippen LogP contribution in [0.1, 0.15) is 6.92 Å². The summed E-state index contributed by atoms with van der Waals surface area (Å²) in [5.74, 6) is 0. The normalized spacial score (nSPS) is 12.2. The standard InChI is InChI=1S/C7H11NO3S/c1-3-8(2)12(9,10)7-5-4-6-11-7/h4-6H,3H2,1-2H3. The number of sulfonamides is 1. The molecule has 1 aromatic heterocycles. The molecule has 4 nitrogen and oxygen atoms in total. The molecule has 12 heavy (non-hydrogen) atoms. The van der Waals surface area contributed by atoms with Crippen LogP contribution in [0.15, 0.2) is 27.9 Å². The van der Waals surface area contributed by atoms with Crippen molar-refractivity contribution in [2.24, 2.45) is 0 Å². The summed E-state index contributed by atoms with van der Waals surface area (Å²) in [4.78, 5) is 0. The minimum absolute atomic E-state index is 0.00755. The number of hydrogen-bond acceptors (Lipinski definition) is 3. The summed E-state index contributed by atoms with van der Waals surface area (Å²) < 4.78 is 28.9. The molecule has 0 unspecified atom stereocenters. The molecule has 0 bridgehead atoms. The molecule has 0 aliphatic heterocycles. The van der Waals surface area contributed by atoms with Gasteiger partial charge in [0.2, 0.25) is 5.09 Å². The summed E-state index contributed by atoms with van der Waals surface area (Å²) in [7, 11) is -1.87. The predicted octanol–water partition coefficient (Wildman–Crippen LogP) is 0.920. The number of furan rings is 1. The third kappa shape index (κ3) is 1.51. The van der Waals surface area contributed by atoms with Crippen molar-refractivity contribution in [1.29, 1.82) is 0 Å². The van der Waals surface area contributed by atoms with Gasteiger partial charge in [-0.15, -0.1) is 0 Å². The minimum Gasteiger partial charge on any atom is -0.452 e. The van der Waals surface area contributed by atoms with Crippen molar-refractivity contribution < 1.29 is 12.8 Å². The van der Waals surface area contributed by atoms with E-state index in [0.717, 1.165) is 0 Å². The smallest absolute Gasteiger partial charge is 0.276 e. The van der Waals surface area contributed by atoms with Crippen molar-refractivity contribution in [3.8, 4) is 0 Å². The van der Waals surface area contributed by atoms with Gasteiger partial charge < -0.3 is 4.42 Å². The van der Waals surface area contributed by atoms with E-state index in [-0.39, 0.29) is 5.09 Å². The number of rotatable bonds is 3. The molecule has 68 valence electrons. The first kappa shape index (κ1) is 9.28. The SMILES string of the molecule is CCN(C)S(=O)(=O)c1ccco1. The molecule has 0 N–H and O–H groups in total. The largest absolute Gasteiger partial charge is 0.452 e. The van der Waals surface area contributed by atoms with E-state index in [9.17, 15) is 8.42 Å². The maximum absolute atomic E-state index is 11.5. The van der Waals surface area contributed by atoms with Gasteiger partial charge in [-0.25, -0.2) is 8.42 Å². The summed E-state index contributed by atoms with van der Waals surface area (Å²) in [5.41, 5.74) is 0. The Morgan fingerprint density at radius 1 is 1.58 bits per heavy atom. The van der Waals surface area contributed by atoms with Gasteiger partial charge in [-0.05, 0) is 12.1 Å². The molecule has 0 amide bonds.